The first kappa shape index (κ1) is 13.5. The third kappa shape index (κ3) is 2.69. The summed E-state index contributed by atoms with van der Waals surface area (Å²) >= 11 is 0. The molecule has 1 aliphatic rings. The molecule has 0 fully saturated rings. The van der Waals surface area contributed by atoms with Gasteiger partial charge < -0.3 is 9.84 Å². The van der Waals surface area contributed by atoms with Crippen molar-refractivity contribution in [2.45, 2.75) is 19.3 Å². The van der Waals surface area contributed by atoms with E-state index in [4.69, 9.17) is 4.74 Å². The highest BCUT2D eigenvalue weighted by atomic mass is 19.1. The van der Waals surface area contributed by atoms with E-state index in [2.05, 4.69) is 4.98 Å². The van der Waals surface area contributed by atoms with E-state index in [0.29, 0.717) is 6.07 Å². The summed E-state index contributed by atoms with van der Waals surface area (Å²) in [5.74, 6) is -3.07. The minimum Gasteiger partial charge on any atom is -0.477 e. The second kappa shape index (κ2) is 5.12. The number of nitrogens with zero attached hydrogens (tertiary/aromatic N) is 1. The van der Waals surface area contributed by atoms with Crippen LogP contribution in [0.2, 0.25) is 0 Å². The number of aromatic nitrogens is 1. The molecular formula is C15H11F2NO3. The minimum atomic E-state index is -1.19. The maximum atomic E-state index is 13.2. The number of aromatic carboxylic acids is 1. The van der Waals surface area contributed by atoms with Crippen LogP contribution in [0.3, 0.4) is 0 Å². The van der Waals surface area contributed by atoms with Crippen LogP contribution in [0, 0.1) is 11.6 Å². The summed E-state index contributed by atoms with van der Waals surface area (Å²) in [6.45, 7) is 0. The van der Waals surface area contributed by atoms with Gasteiger partial charge in [-0.05, 0) is 30.9 Å². The molecule has 1 aliphatic carbocycles. The Morgan fingerprint density at radius 1 is 1.14 bits per heavy atom. The zero-order valence-electron chi connectivity index (χ0n) is 10.9. The molecule has 0 unspecified atom stereocenters. The molecule has 1 N–H and O–H groups in total. The Balaban J connectivity index is 2.03. The SMILES string of the molecule is O=C(O)c1cc2c(nc1Oc1cc(F)cc(F)c1)CCC2. The zero-order chi connectivity index (χ0) is 15.0. The van der Waals surface area contributed by atoms with E-state index in [1.54, 1.807) is 0 Å². The zero-order valence-corrected chi connectivity index (χ0v) is 10.9. The van der Waals surface area contributed by atoms with Gasteiger partial charge >= 0.3 is 5.97 Å². The largest absolute Gasteiger partial charge is 0.477 e. The van der Waals surface area contributed by atoms with Crippen molar-refractivity contribution >= 4 is 5.97 Å². The number of aryl methyl sites for hydroxylation is 2. The van der Waals surface area contributed by atoms with E-state index in [1.807, 2.05) is 0 Å². The van der Waals surface area contributed by atoms with Gasteiger partial charge in [-0.25, -0.2) is 18.6 Å². The average Bonchev–Trinajstić information content (AvgIpc) is 2.83. The van der Waals surface area contributed by atoms with Crippen molar-refractivity contribution in [3.05, 3.63) is 52.7 Å². The van der Waals surface area contributed by atoms with Crippen molar-refractivity contribution in [1.82, 2.24) is 4.98 Å². The Kier molecular flexibility index (Phi) is 3.29. The fraction of sp³-hybridized carbons (Fsp3) is 0.200. The Morgan fingerprint density at radius 3 is 2.52 bits per heavy atom. The number of carbonyl (C=O) groups is 1. The minimum absolute atomic E-state index is 0.111. The summed E-state index contributed by atoms with van der Waals surface area (Å²) in [4.78, 5) is 15.5. The van der Waals surface area contributed by atoms with Crippen LogP contribution >= 0.6 is 0 Å². The third-order valence-corrected chi connectivity index (χ3v) is 3.30. The van der Waals surface area contributed by atoms with Crippen molar-refractivity contribution in [3.63, 3.8) is 0 Å². The van der Waals surface area contributed by atoms with Gasteiger partial charge in [-0.3, -0.25) is 0 Å². The van der Waals surface area contributed by atoms with Gasteiger partial charge in [-0.1, -0.05) is 0 Å². The predicted octanol–water partition coefficient (Wildman–Crippen LogP) is 3.34. The van der Waals surface area contributed by atoms with Gasteiger partial charge in [0.05, 0.1) is 0 Å². The van der Waals surface area contributed by atoms with Crippen LogP contribution in [0.4, 0.5) is 8.78 Å². The molecule has 0 saturated heterocycles. The maximum absolute atomic E-state index is 13.2. The molecule has 0 bridgehead atoms. The van der Waals surface area contributed by atoms with Crippen molar-refractivity contribution in [2.24, 2.45) is 0 Å². The van der Waals surface area contributed by atoms with Crippen LogP contribution in [0.1, 0.15) is 28.0 Å². The topological polar surface area (TPSA) is 59.4 Å². The quantitative estimate of drug-likeness (QED) is 0.942. The van der Waals surface area contributed by atoms with Gasteiger partial charge in [0.15, 0.2) is 0 Å². The first-order valence-corrected chi connectivity index (χ1v) is 6.43. The molecule has 0 saturated carbocycles. The lowest BCUT2D eigenvalue weighted by Crippen LogP contribution is -2.05. The lowest BCUT2D eigenvalue weighted by Gasteiger charge is -2.10. The Labute approximate surface area is 119 Å². The molecule has 3 rings (SSSR count). The van der Waals surface area contributed by atoms with Crippen LogP contribution in [-0.4, -0.2) is 16.1 Å². The number of ether oxygens (including phenoxy) is 1. The fourth-order valence-corrected chi connectivity index (χ4v) is 2.38. The molecule has 6 heteroatoms. The van der Waals surface area contributed by atoms with Crippen LogP contribution in [0.15, 0.2) is 24.3 Å². The van der Waals surface area contributed by atoms with Crippen LogP contribution in [-0.2, 0) is 12.8 Å². The predicted molar refractivity (Wildman–Crippen MR) is 69.7 cm³/mol. The average molecular weight is 291 g/mol. The van der Waals surface area contributed by atoms with Crippen LogP contribution < -0.4 is 4.74 Å². The first-order chi connectivity index (χ1) is 10.0. The third-order valence-electron chi connectivity index (χ3n) is 3.30. The molecule has 4 nitrogen and oxygen atoms in total. The van der Waals surface area contributed by atoms with Crippen LogP contribution in [0.5, 0.6) is 11.6 Å². The molecule has 21 heavy (non-hydrogen) atoms. The van der Waals surface area contributed by atoms with E-state index >= 15 is 0 Å². The van der Waals surface area contributed by atoms with Crippen LogP contribution in [0.25, 0.3) is 0 Å². The highest BCUT2D eigenvalue weighted by Crippen LogP contribution is 2.30. The summed E-state index contributed by atoms with van der Waals surface area (Å²) < 4.78 is 31.6. The lowest BCUT2D eigenvalue weighted by atomic mass is 10.1. The maximum Gasteiger partial charge on any atom is 0.341 e. The number of hydrogen-bond acceptors (Lipinski definition) is 3. The molecule has 108 valence electrons. The summed E-state index contributed by atoms with van der Waals surface area (Å²) in [6, 6.07) is 4.18. The Hall–Kier alpha value is -2.50. The van der Waals surface area contributed by atoms with E-state index in [0.717, 1.165) is 42.7 Å². The molecule has 0 aliphatic heterocycles. The molecule has 0 radical (unpaired) electrons. The van der Waals surface area contributed by atoms with Crippen molar-refractivity contribution in [3.8, 4) is 11.6 Å². The Morgan fingerprint density at radius 2 is 1.86 bits per heavy atom. The van der Waals surface area contributed by atoms with Gasteiger partial charge in [0.2, 0.25) is 5.88 Å². The number of rotatable bonds is 3. The molecule has 0 atom stereocenters. The number of carboxylic acid groups (broad SMARTS) is 1. The monoisotopic (exact) mass is 291 g/mol. The molecule has 1 heterocycles. The van der Waals surface area contributed by atoms with Gasteiger partial charge in [-0.15, -0.1) is 0 Å². The number of halogens is 2. The summed E-state index contributed by atoms with van der Waals surface area (Å²) in [5.41, 5.74) is 1.54. The molecule has 0 amide bonds. The van der Waals surface area contributed by atoms with Crippen molar-refractivity contribution in [2.75, 3.05) is 0 Å². The standard InChI is InChI=1S/C15H11F2NO3/c16-9-5-10(17)7-11(6-9)21-14-12(15(19)20)4-8-2-1-3-13(8)18-14/h4-7H,1-3H2,(H,19,20). The molecule has 0 spiro atoms. The lowest BCUT2D eigenvalue weighted by molar-refractivity contribution is 0.0693. The van der Waals surface area contributed by atoms with Gasteiger partial charge in [-0.2, -0.15) is 0 Å². The van der Waals surface area contributed by atoms with Gasteiger partial charge in [0.25, 0.3) is 0 Å². The molecule has 1 aromatic carbocycles. The Bertz CT molecular complexity index is 711. The summed E-state index contributed by atoms with van der Waals surface area (Å²) in [6.07, 6.45) is 2.42. The van der Waals surface area contributed by atoms with E-state index in [1.165, 1.54) is 6.07 Å². The number of pyridine rings is 1. The number of benzene rings is 1. The molecular weight excluding hydrogens is 280 g/mol. The van der Waals surface area contributed by atoms with E-state index in [9.17, 15) is 18.7 Å². The summed E-state index contributed by atoms with van der Waals surface area (Å²) in [7, 11) is 0. The number of hydrogen-bond donors (Lipinski definition) is 1. The molecule has 2 aromatic rings. The smallest absolute Gasteiger partial charge is 0.341 e. The highest BCUT2D eigenvalue weighted by molar-refractivity contribution is 5.90. The van der Waals surface area contributed by atoms with E-state index < -0.39 is 17.6 Å². The number of carboxylic acids is 1. The highest BCUT2D eigenvalue weighted by Gasteiger charge is 2.21. The van der Waals surface area contributed by atoms with Gasteiger partial charge in [0.1, 0.15) is 22.9 Å². The molecule has 1 aromatic heterocycles. The first-order valence-electron chi connectivity index (χ1n) is 6.43. The van der Waals surface area contributed by atoms with Crippen molar-refractivity contribution < 1.29 is 23.4 Å². The second-order valence-corrected chi connectivity index (χ2v) is 4.81. The van der Waals surface area contributed by atoms with Crippen molar-refractivity contribution in [1.29, 1.82) is 0 Å². The fourth-order valence-electron chi connectivity index (χ4n) is 2.38. The summed E-state index contributed by atoms with van der Waals surface area (Å²) in [5, 5.41) is 9.22. The normalized spacial score (nSPS) is 13.0. The number of fused-ring (bicyclic) bond motifs is 1. The second-order valence-electron chi connectivity index (χ2n) is 4.81. The van der Waals surface area contributed by atoms with Gasteiger partial charge in [0, 0.05) is 23.9 Å². The van der Waals surface area contributed by atoms with E-state index in [-0.39, 0.29) is 17.2 Å².